The molecule has 1 aromatic heterocycles. The third-order valence-electron chi connectivity index (χ3n) is 4.78. The highest BCUT2D eigenvalue weighted by Crippen LogP contribution is 2.26. The zero-order chi connectivity index (χ0) is 22.7. The van der Waals surface area contributed by atoms with Crippen molar-refractivity contribution in [2.75, 3.05) is 18.4 Å². The van der Waals surface area contributed by atoms with Crippen LogP contribution in [-0.2, 0) is 15.0 Å². The van der Waals surface area contributed by atoms with E-state index in [0.29, 0.717) is 12.4 Å². The van der Waals surface area contributed by atoms with Gasteiger partial charge in [-0.2, -0.15) is 5.10 Å². The minimum Gasteiger partial charge on any atom is -0.333 e. The molecule has 1 N–H and O–H groups in total. The first-order chi connectivity index (χ1) is 13.8. The molecule has 0 saturated carbocycles. The van der Waals surface area contributed by atoms with Gasteiger partial charge in [0, 0.05) is 23.4 Å². The van der Waals surface area contributed by atoms with Crippen LogP contribution >= 0.6 is 0 Å². The van der Waals surface area contributed by atoms with Crippen molar-refractivity contribution in [2.24, 2.45) is 5.41 Å². The maximum absolute atomic E-state index is 12.9. The van der Waals surface area contributed by atoms with E-state index in [9.17, 15) is 9.59 Å². The van der Waals surface area contributed by atoms with E-state index in [4.69, 9.17) is 5.10 Å². The van der Waals surface area contributed by atoms with Crippen LogP contribution in [0.5, 0.6) is 0 Å². The largest absolute Gasteiger partial charge is 0.333 e. The Morgan fingerprint density at radius 3 is 2.17 bits per heavy atom. The average Bonchev–Trinajstić information content (AvgIpc) is 3.04. The highest BCUT2D eigenvalue weighted by molar-refractivity contribution is 5.95. The second kappa shape index (κ2) is 9.02. The second-order valence-corrected chi connectivity index (χ2v) is 9.94. The predicted octanol–water partition coefficient (Wildman–Crippen LogP) is 4.70. The van der Waals surface area contributed by atoms with Crippen molar-refractivity contribution in [1.29, 1.82) is 0 Å². The van der Waals surface area contributed by atoms with Gasteiger partial charge in [0.15, 0.2) is 0 Å². The summed E-state index contributed by atoms with van der Waals surface area (Å²) in [7, 11) is 0. The van der Waals surface area contributed by atoms with Gasteiger partial charge in [-0.15, -0.1) is 0 Å². The number of nitrogens with one attached hydrogen (secondary N) is 1. The molecule has 0 aliphatic carbocycles. The zero-order valence-corrected chi connectivity index (χ0v) is 19.7. The molecule has 1 aromatic carbocycles. The van der Waals surface area contributed by atoms with Crippen LogP contribution in [0.25, 0.3) is 5.69 Å². The van der Waals surface area contributed by atoms with E-state index in [1.54, 1.807) is 9.58 Å². The number of carbonyl (C=O) groups is 2. The summed E-state index contributed by atoms with van der Waals surface area (Å²) >= 11 is 0. The van der Waals surface area contributed by atoms with Gasteiger partial charge in [-0.3, -0.25) is 9.59 Å². The molecule has 0 radical (unpaired) electrons. The Labute approximate surface area is 180 Å². The van der Waals surface area contributed by atoms with Crippen molar-refractivity contribution in [3.05, 3.63) is 41.6 Å². The monoisotopic (exact) mass is 412 g/mol. The number of rotatable bonds is 6. The van der Waals surface area contributed by atoms with Crippen LogP contribution < -0.4 is 5.32 Å². The number of aryl methyl sites for hydroxylation is 1. The molecule has 1 heterocycles. The fraction of sp³-hybridized carbons (Fsp3) is 0.542. The van der Waals surface area contributed by atoms with E-state index in [-0.39, 0.29) is 23.8 Å². The topological polar surface area (TPSA) is 67.2 Å². The third kappa shape index (κ3) is 5.94. The Hall–Kier alpha value is -2.63. The number of carbonyl (C=O) groups excluding carboxylic acids is 2. The first kappa shape index (κ1) is 23.6. The molecule has 0 bridgehead atoms. The minimum atomic E-state index is -0.529. The number of hydrogen-bond donors (Lipinski definition) is 1. The van der Waals surface area contributed by atoms with E-state index in [1.165, 1.54) is 0 Å². The summed E-state index contributed by atoms with van der Waals surface area (Å²) < 4.78 is 1.76. The van der Waals surface area contributed by atoms with Gasteiger partial charge in [-0.1, -0.05) is 66.2 Å². The minimum absolute atomic E-state index is 0.0217. The Balaban J connectivity index is 2.31. The van der Waals surface area contributed by atoms with Gasteiger partial charge in [-0.25, -0.2) is 4.68 Å². The molecule has 2 rings (SSSR count). The first-order valence-corrected chi connectivity index (χ1v) is 10.6. The summed E-state index contributed by atoms with van der Waals surface area (Å²) in [5.74, 6) is 0.352. The number of benzene rings is 1. The fourth-order valence-electron chi connectivity index (χ4n) is 3.07. The summed E-state index contributed by atoms with van der Waals surface area (Å²) in [6.45, 7) is 16.5. The third-order valence-corrected chi connectivity index (χ3v) is 4.78. The Morgan fingerprint density at radius 2 is 1.67 bits per heavy atom. The lowest BCUT2D eigenvalue weighted by atomic mass is 9.92. The molecule has 164 valence electrons. The maximum atomic E-state index is 12.9. The van der Waals surface area contributed by atoms with Gasteiger partial charge in [0.05, 0.1) is 17.9 Å². The van der Waals surface area contributed by atoms with Crippen LogP contribution in [0.2, 0.25) is 0 Å². The van der Waals surface area contributed by atoms with Crippen molar-refractivity contribution < 1.29 is 9.59 Å². The van der Waals surface area contributed by atoms with Gasteiger partial charge < -0.3 is 10.2 Å². The smallest absolute Gasteiger partial charge is 0.245 e. The summed E-state index contributed by atoms with van der Waals surface area (Å²) in [5, 5.41) is 7.72. The molecule has 2 amide bonds. The molecule has 0 saturated heterocycles. The SMILES string of the molecule is CCCN(CC(=O)Nc1cc(C(C)(C)C)nn1-c1ccc(C)cc1)C(=O)C(C)(C)C. The molecule has 6 nitrogen and oxygen atoms in total. The van der Waals surface area contributed by atoms with Crippen molar-refractivity contribution in [2.45, 2.75) is 67.2 Å². The van der Waals surface area contributed by atoms with E-state index in [1.807, 2.05) is 65.0 Å². The molecule has 0 unspecified atom stereocenters. The number of aromatic nitrogens is 2. The zero-order valence-electron chi connectivity index (χ0n) is 19.7. The van der Waals surface area contributed by atoms with Crippen LogP contribution in [0.15, 0.2) is 30.3 Å². The van der Waals surface area contributed by atoms with Crippen LogP contribution in [0.4, 0.5) is 5.82 Å². The van der Waals surface area contributed by atoms with Crippen molar-refractivity contribution in [3.8, 4) is 5.69 Å². The molecule has 6 heteroatoms. The van der Waals surface area contributed by atoms with Gasteiger partial charge in [-0.05, 0) is 25.5 Å². The van der Waals surface area contributed by atoms with E-state index in [0.717, 1.165) is 23.4 Å². The number of nitrogens with zero attached hydrogens (tertiary/aromatic N) is 3. The Bertz CT molecular complexity index is 883. The Morgan fingerprint density at radius 1 is 1.07 bits per heavy atom. The summed E-state index contributed by atoms with van der Waals surface area (Å²) in [6.07, 6.45) is 0.796. The van der Waals surface area contributed by atoms with Crippen LogP contribution in [0.1, 0.15) is 66.1 Å². The predicted molar refractivity (Wildman–Crippen MR) is 122 cm³/mol. The van der Waals surface area contributed by atoms with Gasteiger partial charge in [0.2, 0.25) is 11.8 Å². The highest BCUT2D eigenvalue weighted by Gasteiger charge is 2.28. The van der Waals surface area contributed by atoms with E-state index in [2.05, 4.69) is 26.1 Å². The Kier molecular flexibility index (Phi) is 7.11. The lowest BCUT2D eigenvalue weighted by Gasteiger charge is -2.28. The van der Waals surface area contributed by atoms with Crippen molar-refractivity contribution >= 4 is 17.6 Å². The number of anilines is 1. The lowest BCUT2D eigenvalue weighted by molar-refractivity contribution is -0.141. The molecule has 0 spiro atoms. The summed E-state index contributed by atoms with van der Waals surface area (Å²) in [6, 6.07) is 9.91. The molecule has 30 heavy (non-hydrogen) atoms. The molecule has 0 atom stereocenters. The molecule has 0 aliphatic heterocycles. The normalized spacial score (nSPS) is 12.0. The van der Waals surface area contributed by atoms with Crippen LogP contribution in [0.3, 0.4) is 0 Å². The van der Waals surface area contributed by atoms with Crippen molar-refractivity contribution in [1.82, 2.24) is 14.7 Å². The second-order valence-electron chi connectivity index (χ2n) is 9.94. The van der Waals surface area contributed by atoms with E-state index < -0.39 is 5.41 Å². The molecule has 0 fully saturated rings. The fourth-order valence-corrected chi connectivity index (χ4v) is 3.07. The molecule has 0 aliphatic rings. The maximum Gasteiger partial charge on any atom is 0.245 e. The van der Waals surface area contributed by atoms with Gasteiger partial charge in [0.25, 0.3) is 0 Å². The molecular weight excluding hydrogens is 376 g/mol. The molecular formula is C24H36N4O2. The average molecular weight is 413 g/mol. The van der Waals surface area contributed by atoms with Crippen LogP contribution in [-0.4, -0.2) is 39.6 Å². The van der Waals surface area contributed by atoms with E-state index >= 15 is 0 Å². The number of amides is 2. The summed E-state index contributed by atoms with van der Waals surface area (Å²) in [5.41, 5.74) is 2.23. The lowest BCUT2D eigenvalue weighted by Crippen LogP contribution is -2.44. The highest BCUT2D eigenvalue weighted by atomic mass is 16.2. The molecule has 2 aromatic rings. The summed E-state index contributed by atoms with van der Waals surface area (Å²) in [4.78, 5) is 27.2. The number of hydrogen-bond acceptors (Lipinski definition) is 3. The quantitative estimate of drug-likeness (QED) is 0.748. The first-order valence-electron chi connectivity index (χ1n) is 10.6. The van der Waals surface area contributed by atoms with Gasteiger partial charge >= 0.3 is 0 Å². The van der Waals surface area contributed by atoms with Crippen molar-refractivity contribution in [3.63, 3.8) is 0 Å². The van der Waals surface area contributed by atoms with Gasteiger partial charge in [0.1, 0.15) is 5.82 Å². The van der Waals surface area contributed by atoms with Crippen LogP contribution in [0, 0.1) is 12.3 Å². The standard InChI is InChI=1S/C24H36N4O2/c1-9-14-27(22(30)24(6,7)8)16-21(29)25-20-15-19(23(3,4)5)26-28(20)18-12-10-17(2)11-13-18/h10-13,15H,9,14,16H2,1-8H3,(H,25,29).